The Hall–Kier alpha value is -2.70. The fraction of sp³-hybridized carbons (Fsp3) is 0.318. The predicted molar refractivity (Wildman–Crippen MR) is 115 cm³/mol. The van der Waals surface area contributed by atoms with Gasteiger partial charge in [-0.2, -0.15) is 0 Å². The number of imidazole rings is 1. The van der Waals surface area contributed by atoms with E-state index in [0.29, 0.717) is 0 Å². The molecule has 0 saturated carbocycles. The van der Waals surface area contributed by atoms with Crippen LogP contribution in [0.1, 0.15) is 18.0 Å². The number of rotatable bonds is 3. The molecule has 1 atom stereocenters. The molecule has 0 radical (unpaired) electrons. The fourth-order valence-corrected chi connectivity index (χ4v) is 4.14. The molecule has 3 aromatic rings. The SMILES string of the molecule is Cc1cc(N2CCOCC2)ncc1-c1nc2ccncc2n1C1C=CC(Cl)=CC1. The maximum Gasteiger partial charge on any atom is 0.143 e. The first-order valence-corrected chi connectivity index (χ1v) is 10.2. The molecule has 0 aromatic carbocycles. The van der Waals surface area contributed by atoms with Crippen molar-refractivity contribution in [3.05, 3.63) is 59.5 Å². The van der Waals surface area contributed by atoms with Crippen LogP contribution in [0.3, 0.4) is 0 Å². The Morgan fingerprint density at radius 1 is 1.21 bits per heavy atom. The molecular weight excluding hydrogens is 386 g/mol. The zero-order valence-corrected chi connectivity index (χ0v) is 17.0. The van der Waals surface area contributed by atoms with Crippen LogP contribution in [-0.4, -0.2) is 45.8 Å². The summed E-state index contributed by atoms with van der Waals surface area (Å²) in [5, 5.41) is 0.776. The summed E-state index contributed by atoms with van der Waals surface area (Å²) in [6.45, 7) is 5.35. The van der Waals surface area contributed by atoms with Crippen molar-refractivity contribution in [2.45, 2.75) is 19.4 Å². The Morgan fingerprint density at radius 3 is 2.83 bits per heavy atom. The number of anilines is 1. The van der Waals surface area contributed by atoms with E-state index in [0.717, 1.165) is 71.6 Å². The van der Waals surface area contributed by atoms with Gasteiger partial charge in [-0.15, -0.1) is 0 Å². The lowest BCUT2D eigenvalue weighted by Crippen LogP contribution is -2.36. The van der Waals surface area contributed by atoms with Gasteiger partial charge < -0.3 is 14.2 Å². The average Bonchev–Trinajstić information content (AvgIpc) is 3.14. The highest BCUT2D eigenvalue weighted by atomic mass is 35.5. The highest BCUT2D eigenvalue weighted by molar-refractivity contribution is 6.31. The Labute approximate surface area is 174 Å². The van der Waals surface area contributed by atoms with Crippen LogP contribution in [-0.2, 0) is 4.74 Å². The third-order valence-corrected chi connectivity index (χ3v) is 5.81. The smallest absolute Gasteiger partial charge is 0.143 e. The van der Waals surface area contributed by atoms with Gasteiger partial charge in [-0.1, -0.05) is 23.8 Å². The molecule has 7 heteroatoms. The Bertz CT molecular complexity index is 1110. The molecule has 1 unspecified atom stereocenters. The summed E-state index contributed by atoms with van der Waals surface area (Å²) in [6, 6.07) is 4.24. The van der Waals surface area contributed by atoms with Crippen LogP contribution >= 0.6 is 11.6 Å². The lowest BCUT2D eigenvalue weighted by molar-refractivity contribution is 0.122. The van der Waals surface area contributed by atoms with Crippen molar-refractivity contribution in [3.63, 3.8) is 0 Å². The summed E-state index contributed by atoms with van der Waals surface area (Å²) in [5.74, 6) is 1.90. The van der Waals surface area contributed by atoms with Crippen molar-refractivity contribution < 1.29 is 4.74 Å². The van der Waals surface area contributed by atoms with Gasteiger partial charge >= 0.3 is 0 Å². The van der Waals surface area contributed by atoms with Gasteiger partial charge in [0.2, 0.25) is 0 Å². The first-order valence-electron chi connectivity index (χ1n) is 9.86. The standard InChI is InChI=1S/C22H22ClN5O/c1-15-12-21(27-8-10-29-11-9-27)25-13-18(15)22-26-19-6-7-24-14-20(19)28(22)17-4-2-16(23)3-5-17/h2-4,6-7,12-14,17H,5,8-11H2,1H3. The van der Waals surface area contributed by atoms with Crippen LogP contribution in [0, 0.1) is 6.92 Å². The number of halogens is 1. The van der Waals surface area contributed by atoms with E-state index in [1.807, 2.05) is 30.6 Å². The number of aryl methyl sites for hydroxylation is 1. The number of morpholine rings is 1. The minimum Gasteiger partial charge on any atom is -0.378 e. The lowest BCUT2D eigenvalue weighted by atomic mass is 10.1. The monoisotopic (exact) mass is 407 g/mol. The minimum absolute atomic E-state index is 0.139. The first kappa shape index (κ1) is 18.3. The molecular formula is C22H22ClN5O. The topological polar surface area (TPSA) is 56.1 Å². The fourth-order valence-electron chi connectivity index (χ4n) is 3.98. The van der Waals surface area contributed by atoms with E-state index in [1.165, 1.54) is 0 Å². The molecule has 148 valence electrons. The van der Waals surface area contributed by atoms with Gasteiger partial charge in [0.15, 0.2) is 0 Å². The van der Waals surface area contributed by atoms with Gasteiger partial charge in [0.1, 0.15) is 11.6 Å². The van der Waals surface area contributed by atoms with Crippen LogP contribution in [0.2, 0.25) is 0 Å². The van der Waals surface area contributed by atoms with E-state index >= 15 is 0 Å². The summed E-state index contributed by atoms with van der Waals surface area (Å²) < 4.78 is 7.71. The molecule has 3 aromatic heterocycles. The number of pyridine rings is 2. The van der Waals surface area contributed by atoms with Crippen LogP contribution < -0.4 is 4.90 Å². The van der Waals surface area contributed by atoms with Crippen molar-refractivity contribution in [2.75, 3.05) is 31.2 Å². The summed E-state index contributed by atoms with van der Waals surface area (Å²) in [7, 11) is 0. The van der Waals surface area contributed by atoms with Gasteiger partial charge in [0.25, 0.3) is 0 Å². The molecule has 0 spiro atoms. The zero-order chi connectivity index (χ0) is 19.8. The van der Waals surface area contributed by atoms with Crippen molar-refractivity contribution in [2.24, 2.45) is 0 Å². The van der Waals surface area contributed by atoms with E-state index in [4.69, 9.17) is 26.3 Å². The average molecular weight is 408 g/mol. The van der Waals surface area contributed by atoms with Crippen molar-refractivity contribution >= 4 is 28.5 Å². The number of hydrogen-bond acceptors (Lipinski definition) is 5. The van der Waals surface area contributed by atoms with Crippen molar-refractivity contribution in [1.29, 1.82) is 0 Å². The summed E-state index contributed by atoms with van der Waals surface area (Å²) in [5.41, 5.74) is 4.13. The van der Waals surface area contributed by atoms with E-state index in [-0.39, 0.29) is 6.04 Å². The Kier molecular flexibility index (Phi) is 4.81. The van der Waals surface area contributed by atoms with Crippen LogP contribution in [0.4, 0.5) is 5.82 Å². The number of ether oxygens (including phenoxy) is 1. The molecule has 0 amide bonds. The highest BCUT2D eigenvalue weighted by Gasteiger charge is 2.22. The van der Waals surface area contributed by atoms with Gasteiger partial charge in [0.05, 0.1) is 36.5 Å². The predicted octanol–water partition coefficient (Wildman–Crippen LogP) is 4.26. The van der Waals surface area contributed by atoms with Crippen LogP contribution in [0.5, 0.6) is 0 Å². The molecule has 5 rings (SSSR count). The molecule has 1 saturated heterocycles. The van der Waals surface area contributed by atoms with E-state index in [2.05, 4.69) is 33.5 Å². The molecule has 6 nitrogen and oxygen atoms in total. The molecule has 29 heavy (non-hydrogen) atoms. The molecule has 0 bridgehead atoms. The molecule has 2 aliphatic rings. The molecule has 0 N–H and O–H groups in total. The number of hydrogen-bond donors (Lipinski definition) is 0. The molecule has 1 aliphatic carbocycles. The van der Waals surface area contributed by atoms with Crippen LogP contribution in [0.15, 0.2) is 54.0 Å². The second-order valence-corrected chi connectivity index (χ2v) is 7.81. The summed E-state index contributed by atoms with van der Waals surface area (Å²) >= 11 is 6.15. The minimum atomic E-state index is 0.139. The number of fused-ring (bicyclic) bond motifs is 1. The summed E-state index contributed by atoms with van der Waals surface area (Å²) in [6.07, 6.45) is 12.6. The number of nitrogens with zero attached hydrogens (tertiary/aromatic N) is 5. The third kappa shape index (κ3) is 3.43. The lowest BCUT2D eigenvalue weighted by Gasteiger charge is -2.28. The van der Waals surface area contributed by atoms with Crippen molar-refractivity contribution in [1.82, 2.24) is 19.5 Å². The van der Waals surface area contributed by atoms with Gasteiger partial charge in [-0.3, -0.25) is 4.98 Å². The second-order valence-electron chi connectivity index (χ2n) is 7.38. The molecule has 1 fully saturated rings. The largest absolute Gasteiger partial charge is 0.378 e. The normalized spacial score (nSPS) is 19.6. The highest BCUT2D eigenvalue weighted by Crippen LogP contribution is 2.34. The third-order valence-electron chi connectivity index (χ3n) is 5.53. The Morgan fingerprint density at radius 2 is 2.07 bits per heavy atom. The molecule has 4 heterocycles. The molecule has 1 aliphatic heterocycles. The number of aromatic nitrogens is 4. The van der Waals surface area contributed by atoms with E-state index in [9.17, 15) is 0 Å². The van der Waals surface area contributed by atoms with Gasteiger partial charge in [0, 0.05) is 36.1 Å². The van der Waals surface area contributed by atoms with Gasteiger partial charge in [-0.05, 0) is 37.1 Å². The maximum absolute atomic E-state index is 6.15. The quantitative estimate of drug-likeness (QED) is 0.649. The maximum atomic E-state index is 6.15. The van der Waals surface area contributed by atoms with Crippen molar-refractivity contribution in [3.8, 4) is 11.4 Å². The zero-order valence-electron chi connectivity index (χ0n) is 16.3. The van der Waals surface area contributed by atoms with E-state index in [1.54, 1.807) is 6.20 Å². The van der Waals surface area contributed by atoms with Crippen LogP contribution in [0.25, 0.3) is 22.4 Å². The second kappa shape index (κ2) is 7.61. The Balaban J connectivity index is 1.60. The van der Waals surface area contributed by atoms with Gasteiger partial charge in [-0.25, -0.2) is 9.97 Å². The number of allylic oxidation sites excluding steroid dienone is 4. The first-order chi connectivity index (χ1) is 14.2. The van der Waals surface area contributed by atoms with E-state index < -0.39 is 0 Å². The summed E-state index contributed by atoms with van der Waals surface area (Å²) in [4.78, 5) is 16.3.